The summed E-state index contributed by atoms with van der Waals surface area (Å²) in [7, 11) is 1.53. The summed E-state index contributed by atoms with van der Waals surface area (Å²) >= 11 is 6.38. The van der Waals surface area contributed by atoms with Crippen molar-refractivity contribution in [3.8, 4) is 11.5 Å². The zero-order chi connectivity index (χ0) is 22.0. The Balaban J connectivity index is 1.50. The lowest BCUT2D eigenvalue weighted by atomic mass is 10.0. The van der Waals surface area contributed by atoms with E-state index in [0.717, 1.165) is 17.5 Å². The van der Waals surface area contributed by atoms with Gasteiger partial charge < -0.3 is 19.4 Å². The second-order valence-electron chi connectivity index (χ2n) is 7.68. The molecule has 0 unspecified atom stereocenters. The molecule has 1 saturated heterocycles. The molecule has 1 aliphatic rings. The van der Waals surface area contributed by atoms with Gasteiger partial charge in [-0.3, -0.25) is 9.36 Å². The predicted molar refractivity (Wildman–Crippen MR) is 121 cm³/mol. The number of imidazole rings is 1. The molecule has 0 saturated carbocycles. The SMILES string of the molecule is CCCOc1c(Cl)cc(C(=O)N2CCC(n3c(=O)[nH]c4ccccc43)CC2)cc1OC. The average molecular weight is 444 g/mol. The van der Waals surface area contributed by atoms with Crippen molar-refractivity contribution >= 4 is 28.5 Å². The van der Waals surface area contributed by atoms with Gasteiger partial charge in [-0.15, -0.1) is 0 Å². The lowest BCUT2D eigenvalue weighted by Gasteiger charge is -2.32. The normalized spacial score (nSPS) is 14.7. The number of nitrogens with one attached hydrogen (secondary N) is 1. The second-order valence-corrected chi connectivity index (χ2v) is 8.09. The fraction of sp³-hybridized carbons (Fsp3) is 0.391. The van der Waals surface area contributed by atoms with Crippen molar-refractivity contribution in [2.45, 2.75) is 32.2 Å². The molecule has 1 aromatic heterocycles. The first-order chi connectivity index (χ1) is 15.0. The molecule has 0 radical (unpaired) electrons. The van der Waals surface area contributed by atoms with Crippen LogP contribution in [0.3, 0.4) is 0 Å². The molecule has 0 bridgehead atoms. The number of nitrogens with zero attached hydrogens (tertiary/aromatic N) is 2. The third-order valence-electron chi connectivity index (χ3n) is 5.67. The van der Waals surface area contributed by atoms with E-state index >= 15 is 0 Å². The maximum absolute atomic E-state index is 13.1. The van der Waals surface area contributed by atoms with E-state index in [4.69, 9.17) is 21.1 Å². The fourth-order valence-electron chi connectivity index (χ4n) is 4.13. The number of ether oxygens (including phenoxy) is 2. The van der Waals surface area contributed by atoms with Crippen molar-refractivity contribution in [3.63, 3.8) is 0 Å². The number of aromatic nitrogens is 2. The van der Waals surface area contributed by atoms with E-state index in [1.807, 2.05) is 35.8 Å². The summed E-state index contributed by atoms with van der Waals surface area (Å²) in [5.74, 6) is 0.802. The largest absolute Gasteiger partial charge is 0.493 e. The van der Waals surface area contributed by atoms with Crippen LogP contribution in [-0.4, -0.2) is 47.2 Å². The van der Waals surface area contributed by atoms with Crippen molar-refractivity contribution in [2.24, 2.45) is 0 Å². The fourth-order valence-corrected chi connectivity index (χ4v) is 4.40. The number of hydrogen-bond donors (Lipinski definition) is 1. The highest BCUT2D eigenvalue weighted by Crippen LogP contribution is 2.37. The van der Waals surface area contributed by atoms with Gasteiger partial charge in [-0.2, -0.15) is 0 Å². The molecule has 0 aliphatic carbocycles. The van der Waals surface area contributed by atoms with Gasteiger partial charge in [0.15, 0.2) is 11.5 Å². The van der Waals surface area contributed by atoms with Gasteiger partial charge in [-0.1, -0.05) is 30.7 Å². The van der Waals surface area contributed by atoms with Crippen LogP contribution in [0.15, 0.2) is 41.2 Å². The van der Waals surface area contributed by atoms with E-state index in [0.29, 0.717) is 54.6 Å². The highest BCUT2D eigenvalue weighted by molar-refractivity contribution is 6.32. The molecular weight excluding hydrogens is 418 g/mol. The number of likely N-dealkylation sites (tertiary alicyclic amines) is 1. The van der Waals surface area contributed by atoms with Gasteiger partial charge in [0.25, 0.3) is 5.91 Å². The van der Waals surface area contributed by atoms with Crippen LogP contribution in [0.4, 0.5) is 0 Å². The molecule has 164 valence electrons. The number of amides is 1. The summed E-state index contributed by atoms with van der Waals surface area (Å²) in [6.07, 6.45) is 2.25. The highest BCUT2D eigenvalue weighted by atomic mass is 35.5. The molecule has 3 aromatic rings. The van der Waals surface area contributed by atoms with Crippen LogP contribution in [0.5, 0.6) is 11.5 Å². The first-order valence-electron chi connectivity index (χ1n) is 10.5. The summed E-state index contributed by atoms with van der Waals surface area (Å²) in [4.78, 5) is 30.3. The number of carbonyl (C=O) groups excluding carboxylic acids is 1. The van der Waals surface area contributed by atoms with Crippen LogP contribution in [0.1, 0.15) is 42.6 Å². The molecule has 2 heterocycles. The molecule has 1 amide bonds. The van der Waals surface area contributed by atoms with Crippen LogP contribution in [0.25, 0.3) is 11.0 Å². The lowest BCUT2D eigenvalue weighted by molar-refractivity contribution is 0.0694. The van der Waals surface area contributed by atoms with E-state index in [1.54, 1.807) is 17.0 Å². The number of halogens is 1. The molecule has 0 atom stereocenters. The minimum atomic E-state index is -0.106. The van der Waals surface area contributed by atoms with E-state index < -0.39 is 0 Å². The van der Waals surface area contributed by atoms with Gasteiger partial charge >= 0.3 is 5.69 Å². The van der Waals surface area contributed by atoms with Crippen LogP contribution in [0, 0.1) is 0 Å². The van der Waals surface area contributed by atoms with E-state index in [1.165, 1.54) is 7.11 Å². The number of rotatable bonds is 6. The molecule has 1 aliphatic heterocycles. The first-order valence-corrected chi connectivity index (χ1v) is 10.9. The van der Waals surface area contributed by atoms with Gasteiger partial charge in [0.2, 0.25) is 0 Å². The van der Waals surface area contributed by atoms with E-state index in [-0.39, 0.29) is 17.6 Å². The molecular formula is C23H26ClN3O4. The Kier molecular flexibility index (Phi) is 6.23. The summed E-state index contributed by atoms with van der Waals surface area (Å²) in [6.45, 7) is 3.64. The van der Waals surface area contributed by atoms with Crippen LogP contribution >= 0.6 is 11.6 Å². The Morgan fingerprint density at radius 1 is 1.23 bits per heavy atom. The number of aromatic amines is 1. The van der Waals surface area contributed by atoms with Gasteiger partial charge in [0.1, 0.15) is 0 Å². The third kappa shape index (κ3) is 4.14. The maximum Gasteiger partial charge on any atom is 0.326 e. The van der Waals surface area contributed by atoms with Crippen molar-refractivity contribution in [1.82, 2.24) is 14.5 Å². The maximum atomic E-state index is 13.1. The van der Waals surface area contributed by atoms with Gasteiger partial charge in [0.05, 0.1) is 29.8 Å². The van der Waals surface area contributed by atoms with Crippen molar-refractivity contribution < 1.29 is 14.3 Å². The minimum Gasteiger partial charge on any atom is -0.493 e. The number of benzene rings is 2. The van der Waals surface area contributed by atoms with Crippen molar-refractivity contribution in [1.29, 1.82) is 0 Å². The summed E-state index contributed by atoms with van der Waals surface area (Å²) in [6, 6.07) is 11.0. The zero-order valence-corrected chi connectivity index (χ0v) is 18.4. The Hall–Kier alpha value is -2.93. The monoisotopic (exact) mass is 443 g/mol. The number of H-pyrrole nitrogens is 1. The molecule has 1 N–H and O–H groups in total. The third-order valence-corrected chi connectivity index (χ3v) is 5.95. The number of piperidine rings is 1. The number of methoxy groups -OCH3 is 1. The topological polar surface area (TPSA) is 76.6 Å². The van der Waals surface area contributed by atoms with E-state index in [2.05, 4.69) is 4.98 Å². The number of para-hydroxylation sites is 2. The van der Waals surface area contributed by atoms with Crippen molar-refractivity contribution in [3.05, 3.63) is 57.5 Å². The molecule has 31 heavy (non-hydrogen) atoms. The van der Waals surface area contributed by atoms with Crippen LogP contribution in [0.2, 0.25) is 5.02 Å². The van der Waals surface area contributed by atoms with Crippen molar-refractivity contribution in [2.75, 3.05) is 26.8 Å². The number of carbonyl (C=O) groups is 1. The summed E-state index contributed by atoms with van der Waals surface area (Å²) < 4.78 is 12.9. The Morgan fingerprint density at radius 2 is 1.97 bits per heavy atom. The number of fused-ring (bicyclic) bond motifs is 1. The average Bonchev–Trinajstić information content (AvgIpc) is 3.13. The Labute approximate surface area is 185 Å². The quantitative estimate of drug-likeness (QED) is 0.617. The Morgan fingerprint density at radius 3 is 2.68 bits per heavy atom. The molecule has 7 nitrogen and oxygen atoms in total. The van der Waals surface area contributed by atoms with Gasteiger partial charge in [-0.05, 0) is 43.5 Å². The predicted octanol–water partition coefficient (Wildman–Crippen LogP) is 4.26. The van der Waals surface area contributed by atoms with Crippen LogP contribution < -0.4 is 15.2 Å². The molecule has 4 rings (SSSR count). The Bertz CT molecular complexity index is 1150. The van der Waals surface area contributed by atoms with Gasteiger partial charge in [0, 0.05) is 24.7 Å². The standard InChI is InChI=1S/C23H26ClN3O4/c1-3-12-31-21-17(24)13-15(14-20(21)30-2)22(28)26-10-8-16(9-11-26)27-19-7-5-4-6-18(19)25-23(27)29/h4-7,13-14,16H,3,8-12H2,1-2H3,(H,25,29). The number of hydrogen-bond acceptors (Lipinski definition) is 4. The lowest BCUT2D eigenvalue weighted by Crippen LogP contribution is -2.40. The minimum absolute atomic E-state index is 0.0515. The second kappa shape index (κ2) is 9.06. The molecule has 2 aromatic carbocycles. The molecule has 1 fully saturated rings. The van der Waals surface area contributed by atoms with Crippen LogP contribution in [-0.2, 0) is 0 Å². The highest BCUT2D eigenvalue weighted by Gasteiger charge is 2.27. The zero-order valence-electron chi connectivity index (χ0n) is 17.7. The summed E-state index contributed by atoms with van der Waals surface area (Å²) in [5, 5.41) is 0.358. The molecule has 8 heteroatoms. The van der Waals surface area contributed by atoms with E-state index in [9.17, 15) is 9.59 Å². The summed E-state index contributed by atoms with van der Waals surface area (Å²) in [5.41, 5.74) is 2.09. The smallest absolute Gasteiger partial charge is 0.326 e. The first kappa shape index (κ1) is 21.3. The molecule has 0 spiro atoms. The van der Waals surface area contributed by atoms with Gasteiger partial charge in [-0.25, -0.2) is 4.79 Å².